The van der Waals surface area contributed by atoms with E-state index in [1.165, 1.54) is 39.5 Å². The van der Waals surface area contributed by atoms with Crippen molar-refractivity contribution in [1.29, 1.82) is 0 Å². The van der Waals surface area contributed by atoms with Crippen LogP contribution in [0.1, 0.15) is 105 Å². The van der Waals surface area contributed by atoms with E-state index in [9.17, 15) is 13.2 Å². The Hall–Kier alpha value is -0.210. The van der Waals surface area contributed by atoms with Crippen LogP contribution in [0.5, 0.6) is 0 Å². The number of alkyl halides is 3. The van der Waals surface area contributed by atoms with Gasteiger partial charge in [0.25, 0.3) is 0 Å². The molecule has 0 nitrogen and oxygen atoms in total. The van der Waals surface area contributed by atoms with E-state index < -0.39 is 11.6 Å². The molecule has 0 aliphatic carbocycles. The summed E-state index contributed by atoms with van der Waals surface area (Å²) < 4.78 is 40.0. The van der Waals surface area contributed by atoms with E-state index in [1.807, 2.05) is 0 Å². The second-order valence-electron chi connectivity index (χ2n) is 7.32. The Morgan fingerprint density at radius 2 is 1.00 bits per heavy atom. The standard InChI is InChI=1S/C19H37F3/c1-5-7-9-11-12-14-16-17(15-13-10-8-6-2)18(3,4)19(20,21)22/h17H,5-16H2,1-4H3. The average Bonchev–Trinajstić information content (AvgIpc) is 2.43. The lowest BCUT2D eigenvalue weighted by Gasteiger charge is -2.36. The van der Waals surface area contributed by atoms with Crippen LogP contribution in [0.2, 0.25) is 0 Å². The molecule has 0 aromatic heterocycles. The number of halogens is 3. The van der Waals surface area contributed by atoms with E-state index in [4.69, 9.17) is 0 Å². The molecule has 22 heavy (non-hydrogen) atoms. The summed E-state index contributed by atoms with van der Waals surface area (Å²) in [5.41, 5.74) is -1.55. The molecule has 3 heteroatoms. The van der Waals surface area contributed by atoms with Crippen molar-refractivity contribution in [3.8, 4) is 0 Å². The van der Waals surface area contributed by atoms with Gasteiger partial charge in [0.1, 0.15) is 0 Å². The fraction of sp³-hybridized carbons (Fsp3) is 1.00. The molecule has 0 spiro atoms. The molecule has 1 atom stereocenters. The maximum Gasteiger partial charge on any atom is 0.394 e. The summed E-state index contributed by atoms with van der Waals surface area (Å²) in [6, 6.07) is 0. The van der Waals surface area contributed by atoms with Gasteiger partial charge in [0.05, 0.1) is 5.41 Å². The van der Waals surface area contributed by atoms with Gasteiger partial charge in [-0.25, -0.2) is 0 Å². The fourth-order valence-electron chi connectivity index (χ4n) is 3.09. The van der Waals surface area contributed by atoms with Gasteiger partial charge in [-0.3, -0.25) is 0 Å². The van der Waals surface area contributed by atoms with Gasteiger partial charge in [-0.1, -0.05) is 91.9 Å². The molecule has 0 fully saturated rings. The van der Waals surface area contributed by atoms with Crippen molar-refractivity contribution in [2.75, 3.05) is 0 Å². The van der Waals surface area contributed by atoms with Crippen LogP contribution in [-0.4, -0.2) is 6.18 Å². The molecule has 1 unspecified atom stereocenters. The topological polar surface area (TPSA) is 0 Å². The van der Waals surface area contributed by atoms with Gasteiger partial charge in [0.2, 0.25) is 0 Å². The Kier molecular flexibility index (Phi) is 11.2. The Labute approximate surface area is 136 Å². The molecule has 0 saturated carbocycles. The quantitative estimate of drug-likeness (QED) is 0.302. The molecule has 0 aromatic carbocycles. The zero-order valence-corrected chi connectivity index (χ0v) is 15.2. The highest BCUT2D eigenvalue weighted by molar-refractivity contribution is 4.85. The molecule has 0 aliphatic heterocycles. The van der Waals surface area contributed by atoms with Crippen LogP contribution in [0.4, 0.5) is 13.2 Å². The zero-order valence-electron chi connectivity index (χ0n) is 15.2. The molecule has 0 bridgehead atoms. The van der Waals surface area contributed by atoms with E-state index >= 15 is 0 Å². The highest BCUT2D eigenvalue weighted by Gasteiger charge is 2.51. The first-order valence-corrected chi connectivity index (χ1v) is 9.34. The minimum absolute atomic E-state index is 0.226. The van der Waals surface area contributed by atoms with E-state index in [2.05, 4.69) is 13.8 Å². The monoisotopic (exact) mass is 322 g/mol. The van der Waals surface area contributed by atoms with Crippen LogP contribution in [0.15, 0.2) is 0 Å². The van der Waals surface area contributed by atoms with Gasteiger partial charge in [-0.05, 0) is 18.8 Å². The number of hydrogen-bond acceptors (Lipinski definition) is 0. The van der Waals surface area contributed by atoms with Crippen molar-refractivity contribution in [3.05, 3.63) is 0 Å². The lowest BCUT2D eigenvalue weighted by atomic mass is 9.73. The Morgan fingerprint density at radius 3 is 1.41 bits per heavy atom. The normalized spacial score (nSPS) is 14.3. The van der Waals surface area contributed by atoms with Crippen molar-refractivity contribution < 1.29 is 13.2 Å². The molecule has 0 radical (unpaired) electrons. The Balaban J connectivity index is 4.34. The van der Waals surface area contributed by atoms with Crippen molar-refractivity contribution in [2.45, 2.75) is 111 Å². The maximum atomic E-state index is 13.3. The van der Waals surface area contributed by atoms with E-state index in [0.29, 0.717) is 0 Å². The Morgan fingerprint density at radius 1 is 0.636 bits per heavy atom. The lowest BCUT2D eigenvalue weighted by Crippen LogP contribution is -2.39. The molecule has 0 N–H and O–H groups in total. The highest BCUT2D eigenvalue weighted by Crippen LogP contribution is 2.47. The zero-order chi connectivity index (χ0) is 17.1. The molecule has 0 rings (SSSR count). The third-order valence-corrected chi connectivity index (χ3v) is 5.06. The summed E-state index contributed by atoms with van der Waals surface area (Å²) >= 11 is 0. The molecule has 0 heterocycles. The molecule has 134 valence electrons. The molecule has 0 saturated heterocycles. The second-order valence-corrected chi connectivity index (χ2v) is 7.32. The minimum Gasteiger partial charge on any atom is -0.171 e. The van der Waals surface area contributed by atoms with Gasteiger partial charge in [0, 0.05) is 0 Å². The van der Waals surface area contributed by atoms with Crippen LogP contribution >= 0.6 is 0 Å². The van der Waals surface area contributed by atoms with Crippen LogP contribution in [0, 0.1) is 11.3 Å². The van der Waals surface area contributed by atoms with Crippen molar-refractivity contribution >= 4 is 0 Å². The van der Waals surface area contributed by atoms with E-state index in [0.717, 1.165) is 51.4 Å². The van der Waals surface area contributed by atoms with Gasteiger partial charge < -0.3 is 0 Å². The first kappa shape index (κ1) is 21.8. The maximum absolute atomic E-state index is 13.3. The van der Waals surface area contributed by atoms with Gasteiger partial charge in [-0.2, -0.15) is 13.2 Å². The largest absolute Gasteiger partial charge is 0.394 e. The van der Waals surface area contributed by atoms with E-state index in [1.54, 1.807) is 0 Å². The first-order chi connectivity index (χ1) is 10.3. The van der Waals surface area contributed by atoms with Gasteiger partial charge >= 0.3 is 6.18 Å². The van der Waals surface area contributed by atoms with Gasteiger partial charge in [-0.15, -0.1) is 0 Å². The third kappa shape index (κ3) is 8.43. The molecule has 0 aromatic rings. The average molecular weight is 322 g/mol. The van der Waals surface area contributed by atoms with E-state index in [-0.39, 0.29) is 5.92 Å². The van der Waals surface area contributed by atoms with Crippen LogP contribution in [-0.2, 0) is 0 Å². The number of hydrogen-bond donors (Lipinski definition) is 0. The predicted octanol–water partition coefficient (Wildman–Crippen LogP) is 7.91. The number of rotatable bonds is 13. The summed E-state index contributed by atoms with van der Waals surface area (Å²) in [5, 5.41) is 0. The smallest absolute Gasteiger partial charge is 0.171 e. The highest BCUT2D eigenvalue weighted by atomic mass is 19.4. The van der Waals surface area contributed by atoms with Crippen LogP contribution in [0.3, 0.4) is 0 Å². The molecular weight excluding hydrogens is 285 g/mol. The fourth-order valence-corrected chi connectivity index (χ4v) is 3.09. The molecule has 0 amide bonds. The van der Waals surface area contributed by atoms with Crippen LogP contribution in [0.25, 0.3) is 0 Å². The number of unbranched alkanes of at least 4 members (excludes halogenated alkanes) is 8. The summed E-state index contributed by atoms with van der Waals surface area (Å²) in [6.07, 6.45) is 8.50. The minimum atomic E-state index is -4.09. The first-order valence-electron chi connectivity index (χ1n) is 9.34. The summed E-state index contributed by atoms with van der Waals surface area (Å²) in [6.45, 7) is 7.11. The SMILES string of the molecule is CCCCCCCCC(CCCCCC)C(C)(C)C(F)(F)F. The summed E-state index contributed by atoms with van der Waals surface area (Å²) in [7, 11) is 0. The summed E-state index contributed by atoms with van der Waals surface area (Å²) in [5.74, 6) is -0.226. The van der Waals surface area contributed by atoms with Crippen molar-refractivity contribution in [2.24, 2.45) is 11.3 Å². The lowest BCUT2D eigenvalue weighted by molar-refractivity contribution is -0.231. The third-order valence-electron chi connectivity index (χ3n) is 5.06. The van der Waals surface area contributed by atoms with Crippen LogP contribution < -0.4 is 0 Å². The summed E-state index contributed by atoms with van der Waals surface area (Å²) in [4.78, 5) is 0. The Bertz CT molecular complexity index is 256. The second kappa shape index (κ2) is 11.3. The van der Waals surface area contributed by atoms with Crippen molar-refractivity contribution in [1.82, 2.24) is 0 Å². The molecule has 0 aliphatic rings. The molecular formula is C19H37F3. The van der Waals surface area contributed by atoms with Gasteiger partial charge in [0.15, 0.2) is 0 Å². The predicted molar refractivity (Wildman–Crippen MR) is 90.1 cm³/mol. The van der Waals surface area contributed by atoms with Crippen molar-refractivity contribution in [3.63, 3.8) is 0 Å².